The minimum absolute atomic E-state index is 0.0697. The Morgan fingerprint density at radius 3 is 2.83 bits per heavy atom. The fraction of sp³-hybridized carbons (Fsp3) is 0.474. The van der Waals surface area contributed by atoms with E-state index in [9.17, 15) is 9.18 Å². The van der Waals surface area contributed by atoms with Crippen LogP contribution in [0.25, 0.3) is 0 Å². The highest BCUT2D eigenvalue weighted by Crippen LogP contribution is 2.31. The molecule has 0 saturated carbocycles. The lowest BCUT2D eigenvalue weighted by atomic mass is 9.95. The van der Waals surface area contributed by atoms with Crippen LogP contribution in [0.1, 0.15) is 50.0 Å². The summed E-state index contributed by atoms with van der Waals surface area (Å²) in [5, 5.41) is 0. The number of rotatable bonds is 5. The average Bonchev–Trinajstić information content (AvgIpc) is 3.08. The maximum atomic E-state index is 13.2. The summed E-state index contributed by atoms with van der Waals surface area (Å²) in [6.07, 6.45) is 8.14. The molecule has 0 N–H and O–H groups in total. The van der Waals surface area contributed by atoms with E-state index in [0.29, 0.717) is 13.0 Å². The second kappa shape index (κ2) is 7.60. The molecule has 0 spiro atoms. The van der Waals surface area contributed by atoms with Crippen LogP contribution in [0.4, 0.5) is 4.39 Å². The Bertz CT molecular complexity index is 680. The number of halogens is 1. The van der Waals surface area contributed by atoms with E-state index in [0.717, 1.165) is 43.6 Å². The van der Waals surface area contributed by atoms with Crippen LogP contribution in [-0.2, 0) is 17.8 Å². The molecule has 24 heavy (non-hydrogen) atoms. The minimum atomic E-state index is -0.236. The van der Waals surface area contributed by atoms with E-state index >= 15 is 0 Å². The number of carbonyl (C=O) groups is 1. The van der Waals surface area contributed by atoms with Gasteiger partial charge in [0.05, 0.1) is 6.04 Å². The summed E-state index contributed by atoms with van der Waals surface area (Å²) in [4.78, 5) is 19.0. The molecule has 5 heteroatoms. The lowest BCUT2D eigenvalue weighted by molar-refractivity contribution is -0.135. The van der Waals surface area contributed by atoms with E-state index in [1.165, 1.54) is 12.1 Å². The zero-order chi connectivity index (χ0) is 16.9. The van der Waals surface area contributed by atoms with Gasteiger partial charge in [-0.05, 0) is 37.0 Å². The third-order valence-corrected chi connectivity index (χ3v) is 4.76. The first kappa shape index (κ1) is 16.7. The number of likely N-dealkylation sites (tertiary alicyclic amines) is 1. The largest absolute Gasteiger partial charge is 0.336 e. The number of piperidine rings is 1. The van der Waals surface area contributed by atoms with Gasteiger partial charge in [0, 0.05) is 38.3 Å². The number of aromatic nitrogens is 2. The number of carbonyl (C=O) groups excluding carboxylic acids is 1. The number of imidazole rings is 1. The molecule has 1 aromatic heterocycles. The highest BCUT2D eigenvalue weighted by Gasteiger charge is 2.27. The van der Waals surface area contributed by atoms with E-state index < -0.39 is 0 Å². The molecule has 1 atom stereocenters. The number of amides is 1. The van der Waals surface area contributed by atoms with E-state index in [4.69, 9.17) is 0 Å². The molecule has 1 aliphatic rings. The maximum absolute atomic E-state index is 13.2. The molecule has 1 saturated heterocycles. The van der Waals surface area contributed by atoms with Gasteiger partial charge in [0.1, 0.15) is 11.6 Å². The first-order chi connectivity index (χ1) is 11.7. The third kappa shape index (κ3) is 3.66. The molecule has 1 amide bonds. The standard InChI is InChI=1S/C19H24FN3O/c1-2-18-21-11-14-22(18)13-10-19(24)23-12-4-3-5-17(23)15-6-8-16(20)9-7-15/h6-9,11,14,17H,2-5,10,12-13H2,1H3/t17-/m0/s1. The van der Waals surface area contributed by atoms with Crippen molar-refractivity contribution in [2.75, 3.05) is 6.54 Å². The Morgan fingerprint density at radius 1 is 1.29 bits per heavy atom. The Balaban J connectivity index is 1.68. The zero-order valence-electron chi connectivity index (χ0n) is 14.1. The molecule has 2 aromatic rings. The van der Waals surface area contributed by atoms with E-state index in [1.807, 2.05) is 11.1 Å². The van der Waals surface area contributed by atoms with Crippen LogP contribution < -0.4 is 0 Å². The number of hydrogen-bond acceptors (Lipinski definition) is 2. The predicted octanol–water partition coefficient (Wildman–Crippen LogP) is 3.73. The maximum Gasteiger partial charge on any atom is 0.224 e. The molecular weight excluding hydrogens is 305 g/mol. The van der Waals surface area contributed by atoms with Crippen LogP contribution >= 0.6 is 0 Å². The lowest BCUT2D eigenvalue weighted by Crippen LogP contribution is -2.38. The van der Waals surface area contributed by atoms with Crippen molar-refractivity contribution in [2.45, 2.75) is 51.6 Å². The van der Waals surface area contributed by atoms with Crippen molar-refractivity contribution in [1.82, 2.24) is 14.5 Å². The predicted molar refractivity (Wildman–Crippen MR) is 90.9 cm³/mol. The molecule has 2 heterocycles. The van der Waals surface area contributed by atoms with Gasteiger partial charge in [-0.3, -0.25) is 4.79 Å². The van der Waals surface area contributed by atoms with Gasteiger partial charge in [0.2, 0.25) is 5.91 Å². The van der Waals surface area contributed by atoms with Gasteiger partial charge in [0.25, 0.3) is 0 Å². The van der Waals surface area contributed by atoms with E-state index in [1.54, 1.807) is 18.3 Å². The topological polar surface area (TPSA) is 38.1 Å². The number of benzene rings is 1. The highest BCUT2D eigenvalue weighted by molar-refractivity contribution is 5.76. The zero-order valence-corrected chi connectivity index (χ0v) is 14.1. The molecule has 0 unspecified atom stereocenters. The second-order valence-corrected chi connectivity index (χ2v) is 6.29. The fourth-order valence-corrected chi connectivity index (χ4v) is 3.48. The SMILES string of the molecule is CCc1nccn1CCC(=O)N1CCCC[C@H]1c1ccc(F)cc1. The Morgan fingerprint density at radius 2 is 2.08 bits per heavy atom. The molecule has 0 bridgehead atoms. The van der Waals surface area contributed by atoms with Crippen LogP contribution in [0.3, 0.4) is 0 Å². The van der Waals surface area contributed by atoms with Gasteiger partial charge < -0.3 is 9.47 Å². The summed E-state index contributed by atoms with van der Waals surface area (Å²) < 4.78 is 15.2. The summed E-state index contributed by atoms with van der Waals surface area (Å²) >= 11 is 0. The average molecular weight is 329 g/mol. The van der Waals surface area contributed by atoms with Gasteiger partial charge in [-0.25, -0.2) is 9.37 Å². The summed E-state index contributed by atoms with van der Waals surface area (Å²) in [6, 6.07) is 6.63. The molecule has 0 aliphatic carbocycles. The normalized spacial score (nSPS) is 17.9. The summed E-state index contributed by atoms with van der Waals surface area (Å²) in [5.74, 6) is 0.941. The summed E-state index contributed by atoms with van der Waals surface area (Å²) in [5.41, 5.74) is 1.03. The van der Waals surface area contributed by atoms with Crippen molar-refractivity contribution in [3.8, 4) is 0 Å². The van der Waals surface area contributed by atoms with E-state index in [2.05, 4.69) is 16.5 Å². The van der Waals surface area contributed by atoms with Crippen LogP contribution in [0, 0.1) is 5.82 Å². The van der Waals surface area contributed by atoms with Gasteiger partial charge in [-0.15, -0.1) is 0 Å². The van der Waals surface area contributed by atoms with Crippen LogP contribution in [0.15, 0.2) is 36.7 Å². The Kier molecular flexibility index (Phi) is 5.28. The highest BCUT2D eigenvalue weighted by atomic mass is 19.1. The molecule has 128 valence electrons. The fourth-order valence-electron chi connectivity index (χ4n) is 3.48. The van der Waals surface area contributed by atoms with Crippen molar-refractivity contribution >= 4 is 5.91 Å². The molecule has 1 fully saturated rings. The molecule has 1 aliphatic heterocycles. The summed E-state index contributed by atoms with van der Waals surface area (Å²) in [7, 11) is 0. The van der Waals surface area contributed by atoms with Gasteiger partial charge in [-0.1, -0.05) is 19.1 Å². The number of nitrogens with zero attached hydrogens (tertiary/aromatic N) is 3. The first-order valence-corrected chi connectivity index (χ1v) is 8.74. The number of aryl methyl sites for hydroxylation is 2. The summed E-state index contributed by atoms with van der Waals surface area (Å²) in [6.45, 7) is 3.51. The minimum Gasteiger partial charge on any atom is -0.336 e. The lowest BCUT2D eigenvalue weighted by Gasteiger charge is -2.36. The molecule has 1 aromatic carbocycles. The molecule has 3 rings (SSSR count). The second-order valence-electron chi connectivity index (χ2n) is 6.29. The van der Waals surface area contributed by atoms with Crippen LogP contribution in [0.5, 0.6) is 0 Å². The van der Waals surface area contributed by atoms with Crippen molar-refractivity contribution < 1.29 is 9.18 Å². The van der Waals surface area contributed by atoms with Gasteiger partial charge in [0.15, 0.2) is 0 Å². The third-order valence-electron chi connectivity index (χ3n) is 4.76. The van der Waals surface area contributed by atoms with Crippen molar-refractivity contribution in [1.29, 1.82) is 0 Å². The Hall–Kier alpha value is -2.17. The van der Waals surface area contributed by atoms with Crippen LogP contribution in [0.2, 0.25) is 0 Å². The monoisotopic (exact) mass is 329 g/mol. The first-order valence-electron chi connectivity index (χ1n) is 8.74. The quantitative estimate of drug-likeness (QED) is 0.838. The van der Waals surface area contributed by atoms with Gasteiger partial charge >= 0.3 is 0 Å². The molecule has 0 radical (unpaired) electrons. The van der Waals surface area contributed by atoms with Crippen molar-refractivity contribution in [3.05, 3.63) is 53.9 Å². The van der Waals surface area contributed by atoms with Crippen LogP contribution in [-0.4, -0.2) is 26.9 Å². The van der Waals surface area contributed by atoms with Crippen molar-refractivity contribution in [2.24, 2.45) is 0 Å². The van der Waals surface area contributed by atoms with E-state index in [-0.39, 0.29) is 17.8 Å². The Labute approximate surface area is 142 Å². The van der Waals surface area contributed by atoms with Gasteiger partial charge in [-0.2, -0.15) is 0 Å². The molecular formula is C19H24FN3O. The van der Waals surface area contributed by atoms with Crippen molar-refractivity contribution in [3.63, 3.8) is 0 Å². The number of hydrogen-bond donors (Lipinski definition) is 0. The smallest absolute Gasteiger partial charge is 0.224 e. The molecule has 4 nitrogen and oxygen atoms in total.